The first-order chi connectivity index (χ1) is 15.1. The second kappa shape index (κ2) is 11.4. The van der Waals surface area contributed by atoms with Gasteiger partial charge in [0.15, 0.2) is 0 Å². The molecule has 0 bridgehead atoms. The molecule has 1 aromatic heterocycles. The molecule has 0 spiro atoms. The van der Waals surface area contributed by atoms with Gasteiger partial charge in [-0.3, -0.25) is 9.59 Å². The molecule has 10 heteroatoms. The molecule has 1 unspecified atom stereocenters. The molecule has 0 saturated heterocycles. The minimum Gasteiger partial charge on any atom is -0.356 e. The molecule has 2 aromatic rings. The lowest BCUT2D eigenvalue weighted by atomic mass is 10.2. The largest absolute Gasteiger partial charge is 0.356 e. The van der Waals surface area contributed by atoms with Crippen LogP contribution in [0.15, 0.2) is 23.1 Å². The summed E-state index contributed by atoms with van der Waals surface area (Å²) in [7, 11) is -1.71. The first kappa shape index (κ1) is 25.8. The summed E-state index contributed by atoms with van der Waals surface area (Å²) in [6.07, 6.45) is 1.74. The van der Waals surface area contributed by atoms with Crippen molar-refractivity contribution in [3.05, 3.63) is 24.0 Å². The predicted octanol–water partition coefficient (Wildman–Crippen LogP) is 1.96. The molecule has 2 N–H and O–H groups in total. The Morgan fingerprint density at radius 1 is 1.12 bits per heavy atom. The molecule has 0 aliphatic rings. The van der Waals surface area contributed by atoms with Gasteiger partial charge < -0.3 is 15.2 Å². The summed E-state index contributed by atoms with van der Waals surface area (Å²) in [5, 5.41) is 5.62. The van der Waals surface area contributed by atoms with Crippen molar-refractivity contribution in [2.75, 3.05) is 19.6 Å². The number of carbonyl (C=O) groups is 2. The quantitative estimate of drug-likeness (QED) is 0.497. The van der Waals surface area contributed by atoms with Crippen LogP contribution in [0.3, 0.4) is 0 Å². The number of sulfonamides is 1. The molecule has 0 fully saturated rings. The van der Waals surface area contributed by atoms with E-state index in [9.17, 15) is 18.0 Å². The number of rotatable bonds is 12. The van der Waals surface area contributed by atoms with Crippen molar-refractivity contribution in [3.63, 3.8) is 0 Å². The van der Waals surface area contributed by atoms with Gasteiger partial charge in [0, 0.05) is 52.0 Å². The average Bonchev–Trinajstić information content (AvgIpc) is 3.07. The van der Waals surface area contributed by atoms with E-state index < -0.39 is 10.0 Å². The van der Waals surface area contributed by atoms with Crippen molar-refractivity contribution in [2.24, 2.45) is 7.05 Å². The fourth-order valence-electron chi connectivity index (χ4n) is 3.40. The van der Waals surface area contributed by atoms with E-state index in [0.717, 1.165) is 11.9 Å². The topological polar surface area (TPSA) is 113 Å². The second-order valence-electron chi connectivity index (χ2n) is 7.80. The minimum atomic E-state index is -3.56. The lowest BCUT2D eigenvalue weighted by Gasteiger charge is -2.18. The molecule has 0 aliphatic heterocycles. The van der Waals surface area contributed by atoms with Gasteiger partial charge in [-0.1, -0.05) is 20.8 Å². The molecule has 178 valence electrons. The van der Waals surface area contributed by atoms with Crippen LogP contribution in [0.4, 0.5) is 0 Å². The zero-order chi connectivity index (χ0) is 23.9. The van der Waals surface area contributed by atoms with Gasteiger partial charge in [-0.2, -0.15) is 4.31 Å². The SMILES string of the molecule is CCC(C)NC(=O)CCNC(=O)CCc1nc2cc(S(=O)(=O)N(CC)CC)ccc2n1C. The molecule has 2 amide bonds. The highest BCUT2D eigenvalue weighted by atomic mass is 32.2. The van der Waals surface area contributed by atoms with Gasteiger partial charge in [0.1, 0.15) is 5.82 Å². The van der Waals surface area contributed by atoms with E-state index in [2.05, 4.69) is 15.6 Å². The zero-order valence-corrected chi connectivity index (χ0v) is 20.5. The third-order valence-electron chi connectivity index (χ3n) is 5.56. The lowest BCUT2D eigenvalue weighted by Crippen LogP contribution is -2.35. The molecule has 32 heavy (non-hydrogen) atoms. The number of nitrogens with one attached hydrogen (secondary N) is 2. The first-order valence-corrected chi connectivity index (χ1v) is 12.6. The van der Waals surface area contributed by atoms with E-state index in [1.807, 2.05) is 39.3 Å². The zero-order valence-electron chi connectivity index (χ0n) is 19.6. The lowest BCUT2D eigenvalue weighted by molar-refractivity contribution is -0.122. The van der Waals surface area contributed by atoms with Crippen LogP contribution in [-0.4, -0.2) is 59.8 Å². The molecular formula is C22H35N5O4S. The summed E-state index contributed by atoms with van der Waals surface area (Å²) in [4.78, 5) is 28.7. The fraction of sp³-hybridized carbons (Fsp3) is 0.591. The molecule has 1 aromatic carbocycles. The van der Waals surface area contributed by atoms with Crippen LogP contribution < -0.4 is 10.6 Å². The summed E-state index contributed by atoms with van der Waals surface area (Å²) in [5.41, 5.74) is 1.39. The molecule has 0 radical (unpaired) electrons. The Hall–Kier alpha value is -2.46. The predicted molar refractivity (Wildman–Crippen MR) is 125 cm³/mol. The second-order valence-corrected chi connectivity index (χ2v) is 9.74. The first-order valence-electron chi connectivity index (χ1n) is 11.2. The van der Waals surface area contributed by atoms with Crippen molar-refractivity contribution in [1.82, 2.24) is 24.5 Å². The number of amides is 2. The van der Waals surface area contributed by atoms with Gasteiger partial charge in [-0.15, -0.1) is 0 Å². The van der Waals surface area contributed by atoms with Gasteiger partial charge >= 0.3 is 0 Å². The van der Waals surface area contributed by atoms with Crippen molar-refractivity contribution in [3.8, 4) is 0 Å². The molecule has 0 aliphatic carbocycles. The fourth-order valence-corrected chi connectivity index (χ4v) is 4.88. The maximum Gasteiger partial charge on any atom is 0.243 e. The highest BCUT2D eigenvalue weighted by molar-refractivity contribution is 7.89. The standard InChI is InChI=1S/C22H35N5O4S/c1-6-16(4)24-22(29)13-14-23-21(28)12-11-20-25-18-15-17(9-10-19(18)26(20)5)32(30,31)27(7-2)8-3/h9-10,15-16H,6-8,11-14H2,1-5H3,(H,23,28)(H,24,29). The van der Waals surface area contributed by atoms with Crippen LogP contribution in [0.1, 0.15) is 52.8 Å². The highest BCUT2D eigenvalue weighted by Crippen LogP contribution is 2.22. The average molecular weight is 466 g/mol. The summed E-state index contributed by atoms with van der Waals surface area (Å²) < 4.78 is 28.8. The summed E-state index contributed by atoms with van der Waals surface area (Å²) in [6.45, 7) is 8.64. The number of aryl methyl sites for hydroxylation is 2. The Morgan fingerprint density at radius 3 is 2.44 bits per heavy atom. The van der Waals surface area contributed by atoms with Crippen LogP contribution in [0.2, 0.25) is 0 Å². The molecule has 2 rings (SSSR count). The van der Waals surface area contributed by atoms with Crippen LogP contribution in [-0.2, 0) is 33.1 Å². The number of imidazole rings is 1. The Bertz CT molecular complexity index is 1040. The van der Waals surface area contributed by atoms with Crippen molar-refractivity contribution < 1.29 is 18.0 Å². The maximum atomic E-state index is 12.8. The normalized spacial score (nSPS) is 12.8. The Morgan fingerprint density at radius 2 is 1.81 bits per heavy atom. The van der Waals surface area contributed by atoms with E-state index in [-0.39, 0.29) is 42.1 Å². The van der Waals surface area contributed by atoms with Gasteiger partial charge in [-0.05, 0) is 31.5 Å². The van der Waals surface area contributed by atoms with E-state index in [4.69, 9.17) is 0 Å². The molecule has 1 heterocycles. The van der Waals surface area contributed by atoms with Gasteiger partial charge in [0.05, 0.1) is 15.9 Å². The van der Waals surface area contributed by atoms with Gasteiger partial charge in [0.2, 0.25) is 21.8 Å². The Labute approximate surface area is 190 Å². The highest BCUT2D eigenvalue weighted by Gasteiger charge is 2.22. The summed E-state index contributed by atoms with van der Waals surface area (Å²) in [5.74, 6) is 0.464. The van der Waals surface area contributed by atoms with Crippen LogP contribution >= 0.6 is 0 Å². The Balaban J connectivity index is 1.99. The van der Waals surface area contributed by atoms with Crippen molar-refractivity contribution in [1.29, 1.82) is 0 Å². The van der Waals surface area contributed by atoms with Crippen molar-refractivity contribution in [2.45, 2.75) is 64.3 Å². The molecule has 9 nitrogen and oxygen atoms in total. The number of carbonyl (C=O) groups excluding carboxylic acids is 2. The Kier molecular flexibility index (Phi) is 9.21. The van der Waals surface area contributed by atoms with Gasteiger partial charge in [-0.25, -0.2) is 13.4 Å². The number of fused-ring (bicyclic) bond motifs is 1. The van der Waals surface area contributed by atoms with Crippen LogP contribution in [0.25, 0.3) is 11.0 Å². The molecule has 0 saturated carbocycles. The number of benzene rings is 1. The monoisotopic (exact) mass is 465 g/mol. The summed E-state index contributed by atoms with van der Waals surface area (Å²) in [6, 6.07) is 5.05. The molecule has 1 atom stereocenters. The van der Waals surface area contributed by atoms with Crippen LogP contribution in [0.5, 0.6) is 0 Å². The third-order valence-corrected chi connectivity index (χ3v) is 7.60. The van der Waals surface area contributed by atoms with E-state index in [1.165, 1.54) is 4.31 Å². The van der Waals surface area contributed by atoms with E-state index >= 15 is 0 Å². The smallest absolute Gasteiger partial charge is 0.243 e. The van der Waals surface area contributed by atoms with E-state index in [1.54, 1.807) is 18.2 Å². The number of hydrogen-bond acceptors (Lipinski definition) is 5. The number of nitrogens with zero attached hydrogens (tertiary/aromatic N) is 3. The van der Waals surface area contributed by atoms with Crippen LogP contribution in [0, 0.1) is 0 Å². The molecular weight excluding hydrogens is 430 g/mol. The minimum absolute atomic E-state index is 0.0783. The third kappa shape index (κ3) is 6.29. The maximum absolute atomic E-state index is 12.8. The number of hydrogen-bond donors (Lipinski definition) is 2. The van der Waals surface area contributed by atoms with Crippen molar-refractivity contribution >= 4 is 32.9 Å². The van der Waals surface area contributed by atoms with E-state index in [0.29, 0.717) is 30.9 Å². The summed E-state index contributed by atoms with van der Waals surface area (Å²) >= 11 is 0. The number of aromatic nitrogens is 2. The van der Waals surface area contributed by atoms with Gasteiger partial charge in [0.25, 0.3) is 0 Å².